The normalized spacial score (nSPS) is 10.1. The SMILES string of the molecule is O=C(CCO)Cn1ccc(=O)[nH]c1=O. The van der Waals surface area contributed by atoms with Crippen LogP contribution in [-0.4, -0.2) is 27.0 Å². The van der Waals surface area contributed by atoms with E-state index in [-0.39, 0.29) is 25.4 Å². The zero-order valence-electron chi connectivity index (χ0n) is 7.40. The maximum absolute atomic E-state index is 11.1. The molecule has 0 aliphatic carbocycles. The van der Waals surface area contributed by atoms with E-state index in [9.17, 15) is 14.4 Å². The lowest BCUT2D eigenvalue weighted by atomic mass is 10.3. The lowest BCUT2D eigenvalue weighted by Crippen LogP contribution is -2.30. The molecule has 0 saturated heterocycles. The molecule has 2 N–H and O–H groups in total. The van der Waals surface area contributed by atoms with Crippen LogP contribution in [0.1, 0.15) is 6.42 Å². The van der Waals surface area contributed by atoms with Gasteiger partial charge in [0.25, 0.3) is 5.56 Å². The second-order valence-electron chi connectivity index (χ2n) is 2.75. The van der Waals surface area contributed by atoms with Crippen LogP contribution in [0, 0.1) is 0 Å². The molecule has 6 heteroatoms. The number of ketones is 1. The van der Waals surface area contributed by atoms with Crippen LogP contribution in [0.25, 0.3) is 0 Å². The van der Waals surface area contributed by atoms with Gasteiger partial charge in [-0.1, -0.05) is 0 Å². The van der Waals surface area contributed by atoms with Crippen molar-refractivity contribution in [3.8, 4) is 0 Å². The smallest absolute Gasteiger partial charge is 0.328 e. The van der Waals surface area contributed by atoms with Gasteiger partial charge < -0.3 is 5.11 Å². The Hall–Kier alpha value is -1.69. The third kappa shape index (κ3) is 2.67. The summed E-state index contributed by atoms with van der Waals surface area (Å²) < 4.78 is 1.08. The Kier molecular flexibility index (Phi) is 3.35. The zero-order valence-corrected chi connectivity index (χ0v) is 7.40. The molecular formula is C8H10N2O4. The predicted molar refractivity (Wildman–Crippen MR) is 48.0 cm³/mol. The van der Waals surface area contributed by atoms with Crippen LogP contribution in [0.4, 0.5) is 0 Å². The average Bonchev–Trinajstić information content (AvgIpc) is 2.10. The maximum Gasteiger partial charge on any atom is 0.328 e. The van der Waals surface area contributed by atoms with Gasteiger partial charge in [-0.05, 0) is 0 Å². The first-order valence-corrected chi connectivity index (χ1v) is 4.06. The largest absolute Gasteiger partial charge is 0.396 e. The van der Waals surface area contributed by atoms with E-state index in [1.54, 1.807) is 0 Å². The van der Waals surface area contributed by atoms with Gasteiger partial charge in [-0.25, -0.2) is 4.79 Å². The summed E-state index contributed by atoms with van der Waals surface area (Å²) in [6.45, 7) is -0.368. The van der Waals surface area contributed by atoms with E-state index in [0.29, 0.717) is 0 Å². The quantitative estimate of drug-likeness (QED) is 0.615. The molecule has 6 nitrogen and oxygen atoms in total. The zero-order chi connectivity index (χ0) is 10.6. The molecular weight excluding hydrogens is 188 g/mol. The minimum Gasteiger partial charge on any atom is -0.396 e. The number of carbonyl (C=O) groups is 1. The summed E-state index contributed by atoms with van der Waals surface area (Å²) in [6, 6.07) is 1.16. The van der Waals surface area contributed by atoms with Crippen molar-refractivity contribution in [1.82, 2.24) is 9.55 Å². The van der Waals surface area contributed by atoms with Gasteiger partial charge in [0.15, 0.2) is 5.78 Å². The average molecular weight is 198 g/mol. The van der Waals surface area contributed by atoms with Crippen molar-refractivity contribution in [2.45, 2.75) is 13.0 Å². The summed E-state index contributed by atoms with van der Waals surface area (Å²) in [4.78, 5) is 34.8. The molecule has 0 fully saturated rings. The lowest BCUT2D eigenvalue weighted by molar-refractivity contribution is -0.120. The predicted octanol–water partition coefficient (Wildman–Crippen LogP) is -1.51. The number of nitrogens with zero attached hydrogens (tertiary/aromatic N) is 1. The number of aromatic amines is 1. The standard InChI is InChI=1S/C8H10N2O4/c11-4-2-6(12)5-10-3-1-7(13)9-8(10)14/h1,3,11H,2,4-5H2,(H,9,13,14). The van der Waals surface area contributed by atoms with E-state index < -0.39 is 11.2 Å². The fourth-order valence-electron chi connectivity index (χ4n) is 0.962. The van der Waals surface area contributed by atoms with Gasteiger partial charge in [0.05, 0.1) is 13.2 Å². The molecule has 0 atom stereocenters. The van der Waals surface area contributed by atoms with Crippen LogP contribution in [0.3, 0.4) is 0 Å². The summed E-state index contributed by atoms with van der Waals surface area (Å²) in [5.74, 6) is -0.262. The molecule has 1 aromatic rings. The van der Waals surface area contributed by atoms with Gasteiger partial charge in [-0.3, -0.25) is 19.1 Å². The van der Waals surface area contributed by atoms with E-state index >= 15 is 0 Å². The second-order valence-corrected chi connectivity index (χ2v) is 2.75. The molecule has 1 aromatic heterocycles. The number of Topliss-reactive ketones (excluding diaryl/α,β-unsaturated/α-hetero) is 1. The molecule has 0 radical (unpaired) electrons. The Labute approximate surface area is 78.8 Å². The minimum atomic E-state index is -0.621. The number of aromatic nitrogens is 2. The van der Waals surface area contributed by atoms with E-state index in [4.69, 9.17) is 5.11 Å². The Bertz CT molecular complexity index is 431. The number of aliphatic hydroxyl groups excluding tert-OH is 1. The highest BCUT2D eigenvalue weighted by molar-refractivity contribution is 5.78. The van der Waals surface area contributed by atoms with Crippen molar-refractivity contribution in [3.63, 3.8) is 0 Å². The van der Waals surface area contributed by atoms with Crippen LogP contribution < -0.4 is 11.2 Å². The summed E-state index contributed by atoms with van der Waals surface area (Å²) in [7, 11) is 0. The fourth-order valence-corrected chi connectivity index (χ4v) is 0.962. The number of H-pyrrole nitrogens is 1. The number of hydrogen-bond donors (Lipinski definition) is 2. The van der Waals surface area contributed by atoms with Gasteiger partial charge in [-0.15, -0.1) is 0 Å². The van der Waals surface area contributed by atoms with E-state index in [2.05, 4.69) is 0 Å². The van der Waals surface area contributed by atoms with Crippen LogP contribution in [-0.2, 0) is 11.3 Å². The minimum absolute atomic E-state index is 0.00552. The van der Waals surface area contributed by atoms with Crippen LogP contribution in [0.15, 0.2) is 21.9 Å². The highest BCUT2D eigenvalue weighted by Crippen LogP contribution is 1.85. The lowest BCUT2D eigenvalue weighted by Gasteiger charge is -2.01. The highest BCUT2D eigenvalue weighted by atomic mass is 16.3. The van der Waals surface area contributed by atoms with Gasteiger partial charge in [-0.2, -0.15) is 0 Å². The van der Waals surface area contributed by atoms with E-state index in [0.717, 1.165) is 10.6 Å². The van der Waals surface area contributed by atoms with Crippen LogP contribution in [0.2, 0.25) is 0 Å². The molecule has 0 aromatic carbocycles. The molecule has 0 bridgehead atoms. The number of rotatable bonds is 4. The molecule has 0 amide bonds. The first-order chi connectivity index (χ1) is 6.63. The Morgan fingerprint density at radius 1 is 1.50 bits per heavy atom. The van der Waals surface area contributed by atoms with E-state index in [1.807, 2.05) is 4.98 Å². The summed E-state index contributed by atoms with van der Waals surface area (Å²) in [5.41, 5.74) is -1.12. The van der Waals surface area contributed by atoms with Gasteiger partial charge in [0.1, 0.15) is 0 Å². The maximum atomic E-state index is 11.1. The number of nitrogens with one attached hydrogen (secondary N) is 1. The molecule has 14 heavy (non-hydrogen) atoms. The molecule has 0 saturated carbocycles. The Balaban J connectivity index is 2.82. The molecule has 0 aliphatic heterocycles. The Morgan fingerprint density at radius 2 is 2.21 bits per heavy atom. The number of aliphatic hydroxyl groups is 1. The first kappa shape index (κ1) is 10.4. The first-order valence-electron chi connectivity index (χ1n) is 4.06. The van der Waals surface area contributed by atoms with E-state index in [1.165, 1.54) is 6.20 Å². The summed E-state index contributed by atoms with van der Waals surface area (Å²) in [5, 5.41) is 8.46. The molecule has 0 aliphatic rings. The van der Waals surface area contributed by atoms with Gasteiger partial charge in [0, 0.05) is 18.7 Å². The third-order valence-corrected chi connectivity index (χ3v) is 1.63. The van der Waals surface area contributed by atoms with Crippen molar-refractivity contribution in [1.29, 1.82) is 0 Å². The second kappa shape index (κ2) is 4.52. The van der Waals surface area contributed by atoms with Crippen molar-refractivity contribution < 1.29 is 9.90 Å². The van der Waals surface area contributed by atoms with Gasteiger partial charge in [0.2, 0.25) is 0 Å². The molecule has 1 rings (SSSR count). The fraction of sp³-hybridized carbons (Fsp3) is 0.375. The molecule has 0 spiro atoms. The highest BCUT2D eigenvalue weighted by Gasteiger charge is 2.03. The topological polar surface area (TPSA) is 92.2 Å². The number of hydrogen-bond acceptors (Lipinski definition) is 4. The Morgan fingerprint density at radius 3 is 2.79 bits per heavy atom. The monoisotopic (exact) mass is 198 g/mol. The van der Waals surface area contributed by atoms with Crippen molar-refractivity contribution >= 4 is 5.78 Å². The van der Waals surface area contributed by atoms with Crippen molar-refractivity contribution in [2.24, 2.45) is 0 Å². The van der Waals surface area contributed by atoms with Crippen molar-refractivity contribution in [2.75, 3.05) is 6.61 Å². The summed E-state index contributed by atoms with van der Waals surface area (Å²) in [6.07, 6.45) is 1.25. The van der Waals surface area contributed by atoms with Crippen LogP contribution in [0.5, 0.6) is 0 Å². The van der Waals surface area contributed by atoms with Crippen molar-refractivity contribution in [3.05, 3.63) is 33.1 Å². The third-order valence-electron chi connectivity index (χ3n) is 1.63. The molecule has 76 valence electrons. The number of carbonyl (C=O) groups excluding carboxylic acids is 1. The van der Waals surface area contributed by atoms with Gasteiger partial charge >= 0.3 is 5.69 Å². The molecule has 0 unspecified atom stereocenters. The summed E-state index contributed by atoms with van der Waals surface area (Å²) >= 11 is 0. The molecule has 1 heterocycles. The van der Waals surface area contributed by atoms with Crippen LogP contribution >= 0.6 is 0 Å².